The minimum atomic E-state index is -2.13. The van der Waals surface area contributed by atoms with Crippen LogP contribution in [0.3, 0.4) is 0 Å². The molecule has 30 heavy (non-hydrogen) atoms. The van der Waals surface area contributed by atoms with Gasteiger partial charge in [-0.15, -0.1) is 0 Å². The number of rotatable bonds is 4. The van der Waals surface area contributed by atoms with Crippen molar-refractivity contribution in [1.82, 2.24) is 0 Å². The van der Waals surface area contributed by atoms with Crippen molar-refractivity contribution in [2.45, 2.75) is 50.3 Å². The monoisotopic (exact) mass is 422 g/mol. The zero-order valence-electron chi connectivity index (χ0n) is 16.9. The lowest BCUT2D eigenvalue weighted by atomic mass is 9.76. The quantitative estimate of drug-likeness (QED) is 0.243. The molecule has 1 heterocycles. The average molecular weight is 422 g/mol. The van der Waals surface area contributed by atoms with E-state index >= 15 is 0 Å². The van der Waals surface area contributed by atoms with Crippen LogP contribution in [0.4, 0.5) is 0 Å². The molecule has 0 aromatic carbocycles. The van der Waals surface area contributed by atoms with Gasteiger partial charge in [-0.05, 0) is 6.92 Å². The van der Waals surface area contributed by atoms with Crippen molar-refractivity contribution in [2.75, 3.05) is 6.61 Å². The molecule has 0 spiro atoms. The van der Waals surface area contributed by atoms with Crippen LogP contribution in [0.5, 0.6) is 0 Å². The summed E-state index contributed by atoms with van der Waals surface area (Å²) >= 11 is 0. The molecule has 1 aliphatic heterocycles. The summed E-state index contributed by atoms with van der Waals surface area (Å²) in [5, 5.41) is 32.6. The highest BCUT2D eigenvalue weighted by molar-refractivity contribution is 5.91. The molecular weight excluding hydrogens is 396 g/mol. The molecule has 0 bridgehead atoms. The molecule has 2 saturated carbocycles. The van der Waals surface area contributed by atoms with Crippen LogP contribution in [-0.4, -0.2) is 69.9 Å². The Hall–Kier alpha value is -2.49. The van der Waals surface area contributed by atoms with Crippen LogP contribution in [0.25, 0.3) is 0 Å². The summed E-state index contributed by atoms with van der Waals surface area (Å²) < 4.78 is 15.9. The Kier molecular flexibility index (Phi) is 5.66. The number of aliphatic hydroxyl groups is 3. The number of hydrogen-bond donors (Lipinski definition) is 3. The molecular formula is C21H26O9. The topological polar surface area (TPSA) is 140 Å². The van der Waals surface area contributed by atoms with Crippen LogP contribution in [0.2, 0.25) is 0 Å². The summed E-state index contributed by atoms with van der Waals surface area (Å²) in [4.78, 5) is 35.8. The van der Waals surface area contributed by atoms with Crippen LogP contribution in [0.1, 0.15) is 20.3 Å². The third-order valence-corrected chi connectivity index (χ3v) is 6.23. The number of carbonyl (C=O) groups excluding carboxylic acids is 3. The zero-order valence-corrected chi connectivity index (χ0v) is 16.9. The summed E-state index contributed by atoms with van der Waals surface area (Å²) in [5.74, 6) is -4.94. The first kappa shape index (κ1) is 22.2. The number of hydrogen-bond acceptors (Lipinski definition) is 9. The first-order valence-corrected chi connectivity index (χ1v) is 9.56. The molecule has 8 unspecified atom stereocenters. The van der Waals surface area contributed by atoms with Crippen molar-refractivity contribution < 1.29 is 43.9 Å². The van der Waals surface area contributed by atoms with Crippen molar-refractivity contribution in [3.05, 3.63) is 36.5 Å². The lowest BCUT2D eigenvalue weighted by Crippen LogP contribution is -2.54. The van der Waals surface area contributed by atoms with Gasteiger partial charge in [-0.1, -0.05) is 25.3 Å². The van der Waals surface area contributed by atoms with Crippen LogP contribution >= 0.6 is 0 Å². The van der Waals surface area contributed by atoms with Gasteiger partial charge in [0.05, 0.1) is 12.0 Å². The Morgan fingerprint density at radius 3 is 2.43 bits per heavy atom. The minimum absolute atomic E-state index is 0.0404. The Morgan fingerprint density at radius 2 is 1.87 bits per heavy atom. The van der Waals surface area contributed by atoms with Gasteiger partial charge in [-0.2, -0.15) is 0 Å². The highest BCUT2D eigenvalue weighted by Gasteiger charge is 2.68. The van der Waals surface area contributed by atoms with Crippen LogP contribution in [0, 0.1) is 17.8 Å². The molecule has 0 aromatic rings. The van der Waals surface area contributed by atoms with Crippen molar-refractivity contribution in [3.63, 3.8) is 0 Å². The second-order valence-electron chi connectivity index (χ2n) is 8.27. The summed E-state index contributed by atoms with van der Waals surface area (Å²) in [6.45, 7) is 13.2. The molecule has 9 heteroatoms. The molecule has 2 aliphatic carbocycles. The SMILES string of the molecule is C=C(C)C(=O)OC1CC(=C)C2C(O)C(O)C(O)(COC(C)=O)C2C2OC(=O)C(=C)C12. The summed E-state index contributed by atoms with van der Waals surface area (Å²) in [5.41, 5.74) is -1.54. The van der Waals surface area contributed by atoms with Gasteiger partial charge in [0, 0.05) is 36.3 Å². The zero-order chi connectivity index (χ0) is 22.5. The molecule has 164 valence electrons. The molecule has 3 rings (SSSR count). The summed E-state index contributed by atoms with van der Waals surface area (Å²) in [6.07, 6.45) is -5.11. The van der Waals surface area contributed by atoms with E-state index in [1.807, 2.05) is 0 Å². The molecule has 3 N–H and O–H groups in total. The van der Waals surface area contributed by atoms with Gasteiger partial charge in [0.1, 0.15) is 30.5 Å². The Labute approximate surface area is 173 Å². The fraction of sp³-hybridized carbons (Fsp3) is 0.571. The number of esters is 3. The maximum absolute atomic E-state index is 12.3. The van der Waals surface area contributed by atoms with Crippen molar-refractivity contribution in [1.29, 1.82) is 0 Å². The van der Waals surface area contributed by atoms with Gasteiger partial charge < -0.3 is 29.5 Å². The first-order chi connectivity index (χ1) is 13.9. The van der Waals surface area contributed by atoms with E-state index in [0.29, 0.717) is 5.57 Å². The lowest BCUT2D eigenvalue weighted by molar-refractivity contribution is -0.180. The molecule has 0 aromatic heterocycles. The summed E-state index contributed by atoms with van der Waals surface area (Å²) in [6, 6.07) is 0. The van der Waals surface area contributed by atoms with Crippen molar-refractivity contribution >= 4 is 17.9 Å². The largest absolute Gasteiger partial charge is 0.463 e. The highest BCUT2D eigenvalue weighted by atomic mass is 16.6. The van der Waals surface area contributed by atoms with E-state index < -0.39 is 72.3 Å². The number of aliphatic hydroxyl groups excluding tert-OH is 2. The Balaban J connectivity index is 2.07. The normalized spacial score (nSPS) is 40.2. The van der Waals surface area contributed by atoms with E-state index in [4.69, 9.17) is 14.2 Å². The predicted octanol–water partition coefficient (Wildman–Crippen LogP) is -0.206. The molecule has 8 atom stereocenters. The van der Waals surface area contributed by atoms with E-state index in [9.17, 15) is 29.7 Å². The standard InChI is InChI=1S/C21H26O9/c1-8(2)19(25)29-12-6-9(3)13-15(17-14(12)10(4)20(26)30-17)21(27,7-28-11(5)22)18(24)16(13)23/h12-18,23-24,27H,1,3-4,6-7H2,2,5H3. The maximum atomic E-state index is 12.3. The van der Waals surface area contributed by atoms with E-state index in [0.717, 1.165) is 6.92 Å². The number of carbonyl (C=O) groups is 3. The Morgan fingerprint density at radius 1 is 1.23 bits per heavy atom. The molecule has 3 fully saturated rings. The van der Waals surface area contributed by atoms with Gasteiger partial charge >= 0.3 is 17.9 Å². The Bertz CT molecular complexity index is 830. The van der Waals surface area contributed by atoms with Crippen molar-refractivity contribution in [3.8, 4) is 0 Å². The molecule has 1 saturated heterocycles. The second-order valence-corrected chi connectivity index (χ2v) is 8.27. The molecule has 0 amide bonds. The fourth-order valence-corrected chi connectivity index (χ4v) is 4.81. The van der Waals surface area contributed by atoms with Crippen LogP contribution < -0.4 is 0 Å². The van der Waals surface area contributed by atoms with Gasteiger partial charge in [-0.3, -0.25) is 4.79 Å². The predicted molar refractivity (Wildman–Crippen MR) is 102 cm³/mol. The number of ether oxygens (including phenoxy) is 3. The summed E-state index contributed by atoms with van der Waals surface area (Å²) in [7, 11) is 0. The smallest absolute Gasteiger partial charge is 0.334 e. The van der Waals surface area contributed by atoms with E-state index in [2.05, 4.69) is 19.7 Å². The average Bonchev–Trinajstić information content (AvgIpc) is 3.00. The van der Waals surface area contributed by atoms with Crippen LogP contribution in [0.15, 0.2) is 36.5 Å². The van der Waals surface area contributed by atoms with E-state index in [1.165, 1.54) is 6.92 Å². The van der Waals surface area contributed by atoms with Gasteiger partial charge in [0.25, 0.3) is 0 Å². The highest BCUT2D eigenvalue weighted by Crippen LogP contribution is 2.55. The maximum Gasteiger partial charge on any atom is 0.334 e. The lowest BCUT2D eigenvalue weighted by Gasteiger charge is -2.37. The van der Waals surface area contributed by atoms with Crippen molar-refractivity contribution in [2.24, 2.45) is 17.8 Å². The van der Waals surface area contributed by atoms with Gasteiger partial charge in [0.15, 0.2) is 0 Å². The molecule has 3 aliphatic rings. The van der Waals surface area contributed by atoms with E-state index in [-0.39, 0.29) is 17.6 Å². The number of fused-ring (bicyclic) bond motifs is 3. The minimum Gasteiger partial charge on any atom is -0.463 e. The third-order valence-electron chi connectivity index (χ3n) is 6.23. The first-order valence-electron chi connectivity index (χ1n) is 9.56. The van der Waals surface area contributed by atoms with Crippen LogP contribution in [-0.2, 0) is 28.6 Å². The van der Waals surface area contributed by atoms with E-state index in [1.54, 1.807) is 0 Å². The fourth-order valence-electron chi connectivity index (χ4n) is 4.81. The molecule has 9 nitrogen and oxygen atoms in total. The molecule has 0 radical (unpaired) electrons. The van der Waals surface area contributed by atoms with Gasteiger partial charge in [0.2, 0.25) is 0 Å². The second kappa shape index (κ2) is 7.64. The van der Waals surface area contributed by atoms with Gasteiger partial charge in [-0.25, -0.2) is 9.59 Å². The third kappa shape index (κ3) is 3.36.